The van der Waals surface area contributed by atoms with Crippen LogP contribution in [0.3, 0.4) is 0 Å². The largest absolute Gasteiger partial charge is 0.437 e. The van der Waals surface area contributed by atoms with E-state index in [2.05, 4.69) is 35.3 Å². The fourth-order valence-electron chi connectivity index (χ4n) is 4.88. The summed E-state index contributed by atoms with van der Waals surface area (Å²) in [6.07, 6.45) is 5.17. The SMILES string of the molecule is CCCS(=O)(=O)Nc1c(F)ccc2c(Oc3ncncc3-c3ccnc(N[C@@H]4CNC[C@@](C)(F)C4)n3)c(C)ccc12. The molecular weight excluding hydrogens is 552 g/mol. The Hall–Kier alpha value is -3.97. The Kier molecular flexibility index (Phi) is 8.00. The molecule has 2 atom stereocenters. The van der Waals surface area contributed by atoms with Crippen molar-refractivity contribution in [2.75, 3.05) is 28.9 Å². The van der Waals surface area contributed by atoms with Crippen LogP contribution in [0.25, 0.3) is 22.0 Å². The molecule has 0 spiro atoms. The fraction of sp³-hybridized carbons (Fsp3) is 0.357. The maximum Gasteiger partial charge on any atom is 0.232 e. The zero-order valence-corrected chi connectivity index (χ0v) is 23.7. The van der Waals surface area contributed by atoms with Gasteiger partial charge in [0, 0.05) is 48.7 Å². The van der Waals surface area contributed by atoms with Crippen LogP contribution in [-0.4, -0.2) is 58.9 Å². The molecule has 2 aromatic heterocycles. The molecule has 1 fully saturated rings. The van der Waals surface area contributed by atoms with Gasteiger partial charge in [0.25, 0.3) is 0 Å². The molecule has 0 radical (unpaired) electrons. The van der Waals surface area contributed by atoms with Gasteiger partial charge in [0.15, 0.2) is 0 Å². The summed E-state index contributed by atoms with van der Waals surface area (Å²) < 4.78 is 63.0. The number of piperidine rings is 1. The third-order valence-electron chi connectivity index (χ3n) is 6.72. The van der Waals surface area contributed by atoms with Crippen LogP contribution in [0.5, 0.6) is 11.6 Å². The summed E-state index contributed by atoms with van der Waals surface area (Å²) in [6, 6.07) is 7.59. The highest BCUT2D eigenvalue weighted by atomic mass is 32.2. The summed E-state index contributed by atoms with van der Waals surface area (Å²) in [4.78, 5) is 17.4. The molecule has 3 heterocycles. The lowest BCUT2D eigenvalue weighted by atomic mass is 9.95. The number of nitrogens with one attached hydrogen (secondary N) is 3. The molecule has 0 aliphatic carbocycles. The van der Waals surface area contributed by atoms with E-state index in [1.165, 1.54) is 18.5 Å². The van der Waals surface area contributed by atoms with Gasteiger partial charge in [-0.1, -0.05) is 19.1 Å². The normalized spacial score (nSPS) is 19.2. The van der Waals surface area contributed by atoms with Crippen LogP contribution >= 0.6 is 0 Å². The van der Waals surface area contributed by atoms with Crippen LogP contribution in [0.4, 0.5) is 20.4 Å². The van der Waals surface area contributed by atoms with Crippen molar-refractivity contribution in [1.29, 1.82) is 0 Å². The molecule has 2 aromatic carbocycles. The first-order chi connectivity index (χ1) is 19.5. The molecule has 10 nitrogen and oxygen atoms in total. The number of hydrogen-bond donors (Lipinski definition) is 3. The Morgan fingerprint density at radius 1 is 1.17 bits per heavy atom. The van der Waals surface area contributed by atoms with Gasteiger partial charge in [0.2, 0.25) is 21.9 Å². The summed E-state index contributed by atoms with van der Waals surface area (Å²) in [5, 5.41) is 7.11. The zero-order valence-electron chi connectivity index (χ0n) is 22.9. The topological polar surface area (TPSA) is 131 Å². The monoisotopic (exact) mass is 583 g/mol. The predicted octanol–water partition coefficient (Wildman–Crippen LogP) is 4.98. The number of rotatable bonds is 9. The van der Waals surface area contributed by atoms with Gasteiger partial charge in [-0.15, -0.1) is 0 Å². The second-order valence-electron chi connectivity index (χ2n) is 10.3. The van der Waals surface area contributed by atoms with Crippen LogP contribution in [-0.2, 0) is 10.0 Å². The summed E-state index contributed by atoms with van der Waals surface area (Å²) in [5.41, 5.74) is 0.188. The molecule has 4 aromatic rings. The molecule has 5 rings (SSSR count). The molecule has 0 amide bonds. The van der Waals surface area contributed by atoms with Gasteiger partial charge < -0.3 is 15.4 Å². The number of ether oxygens (including phenoxy) is 1. The lowest BCUT2D eigenvalue weighted by Crippen LogP contribution is -2.50. The third-order valence-corrected chi connectivity index (χ3v) is 8.18. The van der Waals surface area contributed by atoms with Crippen LogP contribution < -0.4 is 20.1 Å². The van der Waals surface area contributed by atoms with Crippen LogP contribution in [0.1, 0.15) is 32.3 Å². The molecule has 3 N–H and O–H groups in total. The first-order valence-corrected chi connectivity index (χ1v) is 14.9. The van der Waals surface area contributed by atoms with E-state index < -0.39 is 21.5 Å². The van der Waals surface area contributed by atoms with Crippen LogP contribution in [0.15, 0.2) is 49.1 Å². The Morgan fingerprint density at radius 3 is 2.76 bits per heavy atom. The van der Waals surface area contributed by atoms with E-state index in [-0.39, 0.29) is 23.4 Å². The average molecular weight is 584 g/mol. The number of fused-ring (bicyclic) bond motifs is 1. The minimum absolute atomic E-state index is 0.136. The highest BCUT2D eigenvalue weighted by molar-refractivity contribution is 7.92. The molecule has 0 bridgehead atoms. The van der Waals surface area contributed by atoms with Crippen molar-refractivity contribution in [3.05, 3.63) is 60.4 Å². The number of hydrogen-bond acceptors (Lipinski definition) is 9. The van der Waals surface area contributed by atoms with Crippen molar-refractivity contribution in [1.82, 2.24) is 25.3 Å². The standard InChI is InChI=1S/C28H31F2N7O3S/c1-4-11-41(38,39)37-24-19-6-5-17(2)25(20(19)7-8-22(24)29)40-26-21(14-32-16-34-26)23-9-10-33-27(36-23)35-18-12-28(3,30)15-31-13-18/h5-10,14,16,18,31,37H,4,11-13,15H2,1-3H3,(H,33,35,36)/t18-,28-/m0/s1. The van der Waals surface area contributed by atoms with Crippen LogP contribution in [0, 0.1) is 12.7 Å². The highest BCUT2D eigenvalue weighted by Gasteiger charge is 2.32. The van der Waals surface area contributed by atoms with Gasteiger partial charge >= 0.3 is 0 Å². The molecule has 1 aliphatic heterocycles. The van der Waals surface area contributed by atoms with E-state index in [4.69, 9.17) is 4.74 Å². The minimum Gasteiger partial charge on any atom is -0.437 e. The first kappa shape index (κ1) is 28.6. The Bertz CT molecular complexity index is 1690. The molecule has 1 aliphatic rings. The van der Waals surface area contributed by atoms with E-state index in [1.807, 2.05) is 6.92 Å². The maximum atomic E-state index is 14.9. The van der Waals surface area contributed by atoms with Gasteiger partial charge in [-0.25, -0.2) is 37.1 Å². The minimum atomic E-state index is -3.74. The Labute approximate surface area is 237 Å². The lowest BCUT2D eigenvalue weighted by Gasteiger charge is -2.33. The molecule has 1 saturated heterocycles. The fourth-order valence-corrected chi connectivity index (χ4v) is 6.03. The maximum absolute atomic E-state index is 14.9. The average Bonchev–Trinajstić information content (AvgIpc) is 2.91. The van der Waals surface area contributed by atoms with Gasteiger partial charge in [0.05, 0.1) is 22.7 Å². The van der Waals surface area contributed by atoms with Crippen molar-refractivity contribution in [3.63, 3.8) is 0 Å². The van der Waals surface area contributed by atoms with Gasteiger partial charge in [-0.05, 0) is 44.0 Å². The van der Waals surface area contributed by atoms with Gasteiger partial charge in [-0.3, -0.25) is 4.72 Å². The van der Waals surface area contributed by atoms with E-state index in [9.17, 15) is 17.2 Å². The van der Waals surface area contributed by atoms with Crippen molar-refractivity contribution in [2.24, 2.45) is 0 Å². The van der Waals surface area contributed by atoms with Crippen molar-refractivity contribution < 1.29 is 21.9 Å². The number of alkyl halides is 1. The smallest absolute Gasteiger partial charge is 0.232 e. The van der Waals surface area contributed by atoms with E-state index in [0.717, 1.165) is 5.56 Å². The zero-order chi connectivity index (χ0) is 29.2. The number of sulfonamides is 1. The second-order valence-corrected chi connectivity index (χ2v) is 12.2. The van der Waals surface area contributed by atoms with Crippen molar-refractivity contribution >= 4 is 32.4 Å². The molecular formula is C28H31F2N7O3S. The molecule has 41 heavy (non-hydrogen) atoms. The third kappa shape index (κ3) is 6.51. The van der Waals surface area contributed by atoms with Crippen molar-refractivity contribution in [2.45, 2.75) is 45.3 Å². The summed E-state index contributed by atoms with van der Waals surface area (Å²) in [5.74, 6) is 0.0527. The quantitative estimate of drug-likeness (QED) is 0.250. The van der Waals surface area contributed by atoms with E-state index >= 15 is 0 Å². The lowest BCUT2D eigenvalue weighted by molar-refractivity contribution is 0.137. The van der Waals surface area contributed by atoms with Crippen LogP contribution in [0.2, 0.25) is 0 Å². The molecule has 216 valence electrons. The first-order valence-electron chi connectivity index (χ1n) is 13.2. The van der Waals surface area contributed by atoms with E-state index in [0.29, 0.717) is 59.7 Å². The van der Waals surface area contributed by atoms with E-state index in [1.54, 1.807) is 44.4 Å². The van der Waals surface area contributed by atoms with Gasteiger partial charge in [0.1, 0.15) is 23.6 Å². The Balaban J connectivity index is 1.49. The molecule has 13 heteroatoms. The number of aromatic nitrogens is 4. The predicted molar refractivity (Wildman–Crippen MR) is 154 cm³/mol. The number of halogens is 2. The summed E-state index contributed by atoms with van der Waals surface area (Å²) in [7, 11) is -3.74. The van der Waals surface area contributed by atoms with Gasteiger partial charge in [-0.2, -0.15) is 0 Å². The Morgan fingerprint density at radius 2 is 1.98 bits per heavy atom. The number of aryl methyl sites for hydroxylation is 1. The second kappa shape index (κ2) is 11.5. The number of benzene rings is 2. The van der Waals surface area contributed by atoms with Crippen molar-refractivity contribution in [3.8, 4) is 22.9 Å². The molecule has 0 saturated carbocycles. The number of anilines is 2. The number of nitrogens with zero attached hydrogens (tertiary/aromatic N) is 4. The summed E-state index contributed by atoms with van der Waals surface area (Å²) >= 11 is 0. The molecule has 0 unspecified atom stereocenters. The highest BCUT2D eigenvalue weighted by Crippen LogP contribution is 2.39. The summed E-state index contributed by atoms with van der Waals surface area (Å²) in [6.45, 7) is 5.98.